The normalized spacial score (nSPS) is 12.8. The fourth-order valence-corrected chi connectivity index (χ4v) is 1.80. The molecular weight excluding hydrogens is 242 g/mol. The number of hydrogen-bond acceptors (Lipinski definition) is 2. The summed E-state index contributed by atoms with van der Waals surface area (Å²) in [5, 5.41) is 12.0. The number of carboxylic acids is 1. The topological polar surface area (TPSA) is 66.4 Å². The van der Waals surface area contributed by atoms with Crippen LogP contribution in [0, 0.1) is 6.92 Å². The van der Waals surface area contributed by atoms with Crippen LogP contribution in [0.5, 0.6) is 0 Å². The highest BCUT2D eigenvalue weighted by Crippen LogP contribution is 2.21. The Morgan fingerprint density at radius 3 is 2.16 bits per heavy atom. The average Bonchev–Trinajstić information content (AvgIpc) is 2.24. The Morgan fingerprint density at radius 1 is 1.21 bits per heavy atom. The Labute approximate surface area is 113 Å². The van der Waals surface area contributed by atoms with Gasteiger partial charge in [-0.25, -0.2) is 0 Å². The van der Waals surface area contributed by atoms with Gasteiger partial charge >= 0.3 is 5.97 Å². The van der Waals surface area contributed by atoms with Gasteiger partial charge in [-0.15, -0.1) is 0 Å². The minimum atomic E-state index is -0.979. The number of carbonyl (C=O) groups is 2. The largest absolute Gasteiger partial charge is 0.481 e. The predicted molar refractivity (Wildman–Crippen MR) is 74.1 cm³/mol. The van der Waals surface area contributed by atoms with Crippen LogP contribution in [0.15, 0.2) is 24.3 Å². The monoisotopic (exact) mass is 263 g/mol. The first-order chi connectivity index (χ1) is 8.69. The second kappa shape index (κ2) is 5.87. The van der Waals surface area contributed by atoms with E-state index in [1.165, 1.54) is 0 Å². The zero-order valence-corrected chi connectivity index (χ0v) is 11.9. The average molecular weight is 263 g/mol. The van der Waals surface area contributed by atoms with E-state index < -0.39 is 11.9 Å². The summed E-state index contributed by atoms with van der Waals surface area (Å²) in [5.74, 6) is -2.03. The van der Waals surface area contributed by atoms with Gasteiger partial charge in [0.15, 0.2) is 0 Å². The molecule has 4 nitrogen and oxygen atoms in total. The van der Waals surface area contributed by atoms with Gasteiger partial charge < -0.3 is 10.4 Å². The van der Waals surface area contributed by atoms with Crippen LogP contribution in [-0.2, 0) is 9.59 Å². The summed E-state index contributed by atoms with van der Waals surface area (Å²) in [6.07, 6.45) is -0.0460. The van der Waals surface area contributed by atoms with E-state index in [9.17, 15) is 14.7 Å². The maximum Gasteiger partial charge on any atom is 0.311 e. The summed E-state index contributed by atoms with van der Waals surface area (Å²) in [6.45, 7) is 7.54. The van der Waals surface area contributed by atoms with Gasteiger partial charge in [0.05, 0.1) is 5.92 Å². The number of benzene rings is 1. The third-order valence-electron chi connectivity index (χ3n) is 2.68. The molecule has 1 atom stereocenters. The quantitative estimate of drug-likeness (QED) is 0.877. The molecule has 1 aromatic rings. The molecule has 0 aliphatic rings. The van der Waals surface area contributed by atoms with E-state index in [-0.39, 0.29) is 17.9 Å². The van der Waals surface area contributed by atoms with Gasteiger partial charge in [0.2, 0.25) is 5.91 Å². The van der Waals surface area contributed by atoms with E-state index in [4.69, 9.17) is 0 Å². The Morgan fingerprint density at radius 2 is 1.74 bits per heavy atom. The lowest BCUT2D eigenvalue weighted by atomic mass is 9.94. The highest BCUT2D eigenvalue weighted by atomic mass is 16.4. The zero-order chi connectivity index (χ0) is 14.6. The number of aryl methyl sites for hydroxylation is 1. The molecule has 0 bridgehead atoms. The zero-order valence-electron chi connectivity index (χ0n) is 11.9. The molecule has 0 aliphatic carbocycles. The third-order valence-corrected chi connectivity index (χ3v) is 2.68. The summed E-state index contributed by atoms with van der Waals surface area (Å²) < 4.78 is 0. The molecule has 19 heavy (non-hydrogen) atoms. The Kier molecular flexibility index (Phi) is 4.70. The number of carbonyl (C=O) groups excluding carboxylic acids is 1. The van der Waals surface area contributed by atoms with Crippen molar-refractivity contribution >= 4 is 11.9 Å². The molecule has 0 saturated heterocycles. The van der Waals surface area contributed by atoms with Crippen LogP contribution in [0.2, 0.25) is 0 Å². The van der Waals surface area contributed by atoms with E-state index >= 15 is 0 Å². The minimum Gasteiger partial charge on any atom is -0.481 e. The van der Waals surface area contributed by atoms with Gasteiger partial charge in [-0.3, -0.25) is 9.59 Å². The first kappa shape index (κ1) is 15.2. The van der Waals surface area contributed by atoms with Crippen molar-refractivity contribution in [3.05, 3.63) is 35.4 Å². The summed E-state index contributed by atoms with van der Waals surface area (Å²) in [7, 11) is 0. The van der Waals surface area contributed by atoms with Crippen molar-refractivity contribution in [3.63, 3.8) is 0 Å². The van der Waals surface area contributed by atoms with E-state index in [2.05, 4.69) is 5.32 Å². The molecule has 4 heteroatoms. The molecule has 1 rings (SSSR count). The number of rotatable bonds is 4. The van der Waals surface area contributed by atoms with Crippen LogP contribution in [0.3, 0.4) is 0 Å². The molecule has 2 N–H and O–H groups in total. The fourth-order valence-electron chi connectivity index (χ4n) is 1.80. The molecule has 1 aromatic carbocycles. The van der Waals surface area contributed by atoms with E-state index in [1.54, 1.807) is 12.1 Å². The van der Waals surface area contributed by atoms with Crippen molar-refractivity contribution in [1.82, 2.24) is 5.32 Å². The molecule has 0 aliphatic heterocycles. The molecule has 1 amide bonds. The summed E-state index contributed by atoms with van der Waals surface area (Å²) in [5.41, 5.74) is 1.36. The first-order valence-corrected chi connectivity index (χ1v) is 6.29. The van der Waals surface area contributed by atoms with Crippen molar-refractivity contribution < 1.29 is 14.7 Å². The Balaban J connectivity index is 2.82. The number of carboxylic acid groups (broad SMARTS) is 1. The van der Waals surface area contributed by atoms with E-state index in [1.807, 2.05) is 39.8 Å². The van der Waals surface area contributed by atoms with Crippen molar-refractivity contribution in [2.75, 3.05) is 0 Å². The fraction of sp³-hybridized carbons (Fsp3) is 0.467. The molecule has 0 radical (unpaired) electrons. The smallest absolute Gasteiger partial charge is 0.311 e. The van der Waals surface area contributed by atoms with Gasteiger partial charge in [-0.2, -0.15) is 0 Å². The van der Waals surface area contributed by atoms with Gasteiger partial charge in [0, 0.05) is 12.0 Å². The van der Waals surface area contributed by atoms with Crippen LogP contribution in [-0.4, -0.2) is 22.5 Å². The summed E-state index contributed by atoms with van der Waals surface area (Å²) in [4.78, 5) is 23.1. The molecular formula is C15H21NO3. The van der Waals surface area contributed by atoms with Crippen LogP contribution >= 0.6 is 0 Å². The maximum atomic E-state index is 11.8. The second-order valence-electron chi connectivity index (χ2n) is 5.80. The summed E-state index contributed by atoms with van der Waals surface area (Å²) in [6, 6.07) is 7.23. The molecule has 0 aromatic heterocycles. The Bertz CT molecular complexity index is 457. The molecule has 0 heterocycles. The minimum absolute atomic E-state index is 0.0460. The third kappa shape index (κ3) is 5.12. The molecule has 104 valence electrons. The molecule has 1 unspecified atom stereocenters. The molecule has 0 saturated carbocycles. The van der Waals surface area contributed by atoms with Crippen molar-refractivity contribution in [2.24, 2.45) is 0 Å². The number of aliphatic carboxylic acids is 1. The molecule has 0 spiro atoms. The van der Waals surface area contributed by atoms with Crippen LogP contribution < -0.4 is 5.32 Å². The summed E-state index contributed by atoms with van der Waals surface area (Å²) >= 11 is 0. The number of hydrogen-bond donors (Lipinski definition) is 2. The second-order valence-corrected chi connectivity index (χ2v) is 5.80. The van der Waals surface area contributed by atoms with Gasteiger partial charge in [-0.05, 0) is 33.3 Å². The maximum absolute atomic E-state index is 11.8. The highest BCUT2D eigenvalue weighted by molar-refractivity contribution is 5.86. The van der Waals surface area contributed by atoms with Gasteiger partial charge in [-0.1, -0.05) is 29.8 Å². The van der Waals surface area contributed by atoms with Crippen molar-refractivity contribution in [2.45, 2.75) is 45.6 Å². The number of nitrogens with one attached hydrogen (secondary N) is 1. The van der Waals surface area contributed by atoms with Crippen molar-refractivity contribution in [1.29, 1.82) is 0 Å². The van der Waals surface area contributed by atoms with E-state index in [0.29, 0.717) is 5.56 Å². The van der Waals surface area contributed by atoms with Crippen LogP contribution in [0.25, 0.3) is 0 Å². The van der Waals surface area contributed by atoms with Crippen molar-refractivity contribution in [3.8, 4) is 0 Å². The van der Waals surface area contributed by atoms with Gasteiger partial charge in [0.1, 0.15) is 0 Å². The lowest BCUT2D eigenvalue weighted by Crippen LogP contribution is -2.41. The lowest BCUT2D eigenvalue weighted by Gasteiger charge is -2.22. The van der Waals surface area contributed by atoms with E-state index in [0.717, 1.165) is 5.56 Å². The number of amides is 1. The van der Waals surface area contributed by atoms with Crippen LogP contribution in [0.1, 0.15) is 44.2 Å². The SMILES string of the molecule is Cc1ccc(C(CC(=O)NC(C)(C)C)C(=O)O)cc1. The highest BCUT2D eigenvalue weighted by Gasteiger charge is 2.25. The Hall–Kier alpha value is -1.84. The van der Waals surface area contributed by atoms with Gasteiger partial charge in [0.25, 0.3) is 0 Å². The lowest BCUT2D eigenvalue weighted by molar-refractivity contribution is -0.141. The molecule has 0 fully saturated rings. The predicted octanol–water partition coefficient (Wildman–Crippen LogP) is 2.47. The standard InChI is InChI=1S/C15H21NO3/c1-10-5-7-11(8-6-10)12(14(18)19)9-13(17)16-15(2,3)4/h5-8,12H,9H2,1-4H3,(H,16,17)(H,18,19). The van der Waals surface area contributed by atoms with Crippen LogP contribution in [0.4, 0.5) is 0 Å². The first-order valence-electron chi connectivity index (χ1n) is 6.29.